The molecule has 0 unspecified atom stereocenters. The van der Waals surface area contributed by atoms with Gasteiger partial charge in [0.1, 0.15) is 0 Å². The summed E-state index contributed by atoms with van der Waals surface area (Å²) >= 11 is 0. The molecule has 0 aromatic heterocycles. The zero-order valence-electron chi connectivity index (χ0n) is 6.05. The van der Waals surface area contributed by atoms with Crippen LogP contribution in [-0.2, 0) is 0 Å². The Kier molecular flexibility index (Phi) is 3.24. The summed E-state index contributed by atoms with van der Waals surface area (Å²) < 4.78 is 0. The lowest BCUT2D eigenvalue weighted by Gasteiger charge is -2.15. The summed E-state index contributed by atoms with van der Waals surface area (Å²) in [6, 6.07) is 0.506. The molecule has 2 nitrogen and oxygen atoms in total. The molecular formula is C6H14N2. The van der Waals surface area contributed by atoms with Crippen LogP contribution in [0.15, 0.2) is 5.10 Å². The van der Waals surface area contributed by atoms with Gasteiger partial charge in [0.2, 0.25) is 0 Å². The minimum Gasteiger partial charge on any atom is -0.298 e. The van der Waals surface area contributed by atoms with Crippen molar-refractivity contribution >= 4 is 6.21 Å². The van der Waals surface area contributed by atoms with Crippen molar-refractivity contribution in [1.82, 2.24) is 5.01 Å². The van der Waals surface area contributed by atoms with Crippen molar-refractivity contribution in [1.29, 1.82) is 0 Å². The van der Waals surface area contributed by atoms with Crippen LogP contribution in [0.5, 0.6) is 0 Å². The maximum atomic E-state index is 4.03. The topological polar surface area (TPSA) is 15.6 Å². The number of hydrazone groups is 1. The lowest BCUT2D eigenvalue weighted by atomic mass is 10.4. The van der Waals surface area contributed by atoms with E-state index in [2.05, 4.69) is 18.9 Å². The second kappa shape index (κ2) is 3.47. The molecule has 8 heavy (non-hydrogen) atoms. The molecule has 0 saturated heterocycles. The van der Waals surface area contributed by atoms with Crippen LogP contribution in [0.25, 0.3) is 0 Å². The molecule has 0 saturated carbocycles. The summed E-state index contributed by atoms with van der Waals surface area (Å²) in [7, 11) is 1.96. The van der Waals surface area contributed by atoms with E-state index in [4.69, 9.17) is 0 Å². The Morgan fingerprint density at radius 3 is 2.12 bits per heavy atom. The molecule has 0 aromatic rings. The Balaban J connectivity index is 3.47. The van der Waals surface area contributed by atoms with Crippen LogP contribution in [0, 0.1) is 0 Å². The van der Waals surface area contributed by atoms with Crippen molar-refractivity contribution < 1.29 is 0 Å². The SMILES string of the molecule is C/C=N/N(C)C(C)C. The molecule has 2 heteroatoms. The molecule has 0 radical (unpaired) electrons. The van der Waals surface area contributed by atoms with Crippen LogP contribution in [0.1, 0.15) is 20.8 Å². The lowest BCUT2D eigenvalue weighted by Crippen LogP contribution is -2.19. The summed E-state index contributed by atoms with van der Waals surface area (Å²) in [5.74, 6) is 0. The Morgan fingerprint density at radius 1 is 1.50 bits per heavy atom. The van der Waals surface area contributed by atoms with E-state index in [1.165, 1.54) is 0 Å². The molecule has 0 aliphatic heterocycles. The summed E-state index contributed by atoms with van der Waals surface area (Å²) in [5, 5.41) is 5.95. The van der Waals surface area contributed by atoms with Crippen molar-refractivity contribution in [3.8, 4) is 0 Å². The standard InChI is InChI=1S/C6H14N2/c1-5-7-8(4)6(2)3/h5-6H,1-4H3/b7-5+. The molecule has 0 aromatic carbocycles. The van der Waals surface area contributed by atoms with Crippen LogP contribution in [0.3, 0.4) is 0 Å². The molecule has 48 valence electrons. The Hall–Kier alpha value is -0.530. The minimum absolute atomic E-state index is 0.506. The van der Waals surface area contributed by atoms with Gasteiger partial charge >= 0.3 is 0 Å². The van der Waals surface area contributed by atoms with Gasteiger partial charge in [-0.25, -0.2) is 0 Å². The average molecular weight is 114 g/mol. The van der Waals surface area contributed by atoms with E-state index in [0.29, 0.717) is 6.04 Å². The van der Waals surface area contributed by atoms with E-state index in [-0.39, 0.29) is 0 Å². The largest absolute Gasteiger partial charge is 0.298 e. The smallest absolute Gasteiger partial charge is 0.0410 e. The summed E-state index contributed by atoms with van der Waals surface area (Å²) in [5.41, 5.74) is 0. The van der Waals surface area contributed by atoms with Crippen molar-refractivity contribution in [3.63, 3.8) is 0 Å². The van der Waals surface area contributed by atoms with Gasteiger partial charge in [-0.2, -0.15) is 5.10 Å². The second-order valence-electron chi connectivity index (χ2n) is 2.04. The minimum atomic E-state index is 0.506. The van der Waals surface area contributed by atoms with Gasteiger partial charge in [0.15, 0.2) is 0 Å². The van der Waals surface area contributed by atoms with E-state index in [1.807, 2.05) is 19.0 Å². The van der Waals surface area contributed by atoms with Crippen molar-refractivity contribution in [2.24, 2.45) is 5.10 Å². The highest BCUT2D eigenvalue weighted by molar-refractivity contribution is 5.52. The van der Waals surface area contributed by atoms with Gasteiger partial charge in [-0.3, -0.25) is 5.01 Å². The van der Waals surface area contributed by atoms with Gasteiger partial charge in [-0.1, -0.05) is 0 Å². The van der Waals surface area contributed by atoms with Crippen molar-refractivity contribution in [2.75, 3.05) is 7.05 Å². The van der Waals surface area contributed by atoms with Gasteiger partial charge in [0.05, 0.1) is 0 Å². The number of rotatable bonds is 2. The van der Waals surface area contributed by atoms with Crippen LogP contribution in [0.2, 0.25) is 0 Å². The van der Waals surface area contributed by atoms with Crippen molar-refractivity contribution in [2.45, 2.75) is 26.8 Å². The monoisotopic (exact) mass is 114 g/mol. The van der Waals surface area contributed by atoms with Crippen LogP contribution in [0.4, 0.5) is 0 Å². The second-order valence-corrected chi connectivity index (χ2v) is 2.04. The van der Waals surface area contributed by atoms with Gasteiger partial charge in [0, 0.05) is 19.3 Å². The third-order valence-corrected chi connectivity index (χ3v) is 1.04. The van der Waals surface area contributed by atoms with E-state index in [9.17, 15) is 0 Å². The van der Waals surface area contributed by atoms with Crippen LogP contribution < -0.4 is 0 Å². The maximum Gasteiger partial charge on any atom is 0.0410 e. The van der Waals surface area contributed by atoms with Crippen LogP contribution in [-0.4, -0.2) is 24.3 Å². The molecule has 0 spiro atoms. The summed E-state index contributed by atoms with van der Waals surface area (Å²) in [4.78, 5) is 0. The lowest BCUT2D eigenvalue weighted by molar-refractivity contribution is 0.290. The number of hydrogen-bond donors (Lipinski definition) is 0. The zero-order chi connectivity index (χ0) is 6.57. The van der Waals surface area contributed by atoms with Gasteiger partial charge in [-0.15, -0.1) is 0 Å². The first-order chi connectivity index (χ1) is 3.68. The quantitative estimate of drug-likeness (QED) is 0.390. The molecular weight excluding hydrogens is 100 g/mol. The van der Waals surface area contributed by atoms with E-state index in [0.717, 1.165) is 0 Å². The first-order valence-electron chi connectivity index (χ1n) is 2.90. The highest BCUT2D eigenvalue weighted by atomic mass is 15.4. The fourth-order valence-corrected chi connectivity index (χ4v) is 0.315. The highest BCUT2D eigenvalue weighted by Crippen LogP contribution is 1.90. The van der Waals surface area contributed by atoms with Gasteiger partial charge in [-0.05, 0) is 20.8 Å². The van der Waals surface area contributed by atoms with Crippen LogP contribution >= 0.6 is 0 Å². The first-order valence-corrected chi connectivity index (χ1v) is 2.90. The fourth-order valence-electron chi connectivity index (χ4n) is 0.315. The molecule has 0 atom stereocenters. The molecule has 0 N–H and O–H groups in total. The van der Waals surface area contributed by atoms with Crippen molar-refractivity contribution in [3.05, 3.63) is 0 Å². The summed E-state index contributed by atoms with van der Waals surface area (Å²) in [6.45, 7) is 6.12. The maximum absolute atomic E-state index is 4.03. The highest BCUT2D eigenvalue weighted by Gasteiger charge is 1.94. The van der Waals surface area contributed by atoms with E-state index < -0.39 is 0 Å². The number of hydrogen-bond acceptors (Lipinski definition) is 2. The molecule has 0 bridgehead atoms. The third kappa shape index (κ3) is 2.61. The Bertz CT molecular complexity index is 76.6. The predicted octanol–water partition coefficient (Wildman–Crippen LogP) is 1.33. The van der Waals surface area contributed by atoms with Gasteiger partial charge in [0.25, 0.3) is 0 Å². The zero-order valence-corrected chi connectivity index (χ0v) is 6.05. The van der Waals surface area contributed by atoms with E-state index in [1.54, 1.807) is 6.21 Å². The van der Waals surface area contributed by atoms with Gasteiger partial charge < -0.3 is 0 Å². The fraction of sp³-hybridized carbons (Fsp3) is 0.833. The Labute approximate surface area is 51.2 Å². The molecule has 0 heterocycles. The molecule has 0 aliphatic rings. The normalized spacial score (nSPS) is 11.1. The molecule has 0 rings (SSSR count). The Morgan fingerprint density at radius 2 is 2.00 bits per heavy atom. The summed E-state index contributed by atoms with van der Waals surface area (Å²) in [6.07, 6.45) is 1.79. The third-order valence-electron chi connectivity index (χ3n) is 1.04. The number of nitrogens with zero attached hydrogens (tertiary/aromatic N) is 2. The molecule has 0 aliphatic carbocycles. The first kappa shape index (κ1) is 7.47. The molecule has 0 fully saturated rings. The molecule has 0 amide bonds. The average Bonchev–Trinajstić information content (AvgIpc) is 1.67. The van der Waals surface area contributed by atoms with E-state index >= 15 is 0 Å². The predicted molar refractivity (Wildman–Crippen MR) is 37.1 cm³/mol.